The Morgan fingerprint density at radius 3 is 1.67 bits per heavy atom. The summed E-state index contributed by atoms with van der Waals surface area (Å²) < 4.78 is 35.2. The van der Waals surface area contributed by atoms with E-state index < -0.39 is 23.0 Å². The fraction of sp³-hybridized carbons (Fsp3) is 0.600. The SMILES string of the molecule is O=C1CCC(=O)N1C(F)(F)F.[H-].[Li+]. The van der Waals surface area contributed by atoms with Crippen LogP contribution < -0.4 is 18.9 Å². The van der Waals surface area contributed by atoms with Crippen molar-refractivity contribution in [3.63, 3.8) is 0 Å². The van der Waals surface area contributed by atoms with Crippen molar-refractivity contribution in [3.05, 3.63) is 0 Å². The number of halogens is 3. The number of likely N-dealkylation sites (tertiary alicyclic amines) is 1. The van der Waals surface area contributed by atoms with Gasteiger partial charge in [0, 0.05) is 12.8 Å². The van der Waals surface area contributed by atoms with Gasteiger partial charge in [-0.1, -0.05) is 0 Å². The van der Waals surface area contributed by atoms with E-state index in [0.29, 0.717) is 0 Å². The molecular formula is C5H5F3LiNO2. The zero-order valence-corrected chi connectivity index (χ0v) is 6.31. The van der Waals surface area contributed by atoms with E-state index in [0.717, 1.165) is 0 Å². The predicted octanol–water partition coefficient (Wildman–Crippen LogP) is -2.23. The molecule has 1 rings (SSSR count). The Bertz CT molecular complexity index is 204. The second-order valence-electron chi connectivity index (χ2n) is 2.09. The van der Waals surface area contributed by atoms with Crippen LogP contribution in [0.4, 0.5) is 13.2 Å². The van der Waals surface area contributed by atoms with Crippen molar-refractivity contribution in [3.8, 4) is 0 Å². The van der Waals surface area contributed by atoms with Crippen LogP contribution in [0.3, 0.4) is 0 Å². The summed E-state index contributed by atoms with van der Waals surface area (Å²) in [5, 5.41) is 0. The molecule has 0 N–H and O–H groups in total. The van der Waals surface area contributed by atoms with Gasteiger partial charge in [-0.3, -0.25) is 9.59 Å². The molecule has 12 heavy (non-hydrogen) atoms. The third-order valence-corrected chi connectivity index (χ3v) is 1.31. The van der Waals surface area contributed by atoms with Gasteiger partial charge in [0.1, 0.15) is 0 Å². The molecule has 7 heteroatoms. The molecule has 1 fully saturated rings. The molecular weight excluding hydrogens is 170 g/mol. The largest absolute Gasteiger partial charge is 1.00 e. The smallest absolute Gasteiger partial charge is 1.00 e. The Kier molecular flexibility index (Phi) is 3.36. The Labute approximate surface area is 79.6 Å². The maximum atomic E-state index is 11.7. The molecule has 0 aromatic rings. The number of carbonyl (C=O) groups excluding carboxylic acids is 2. The molecule has 0 spiro atoms. The molecule has 1 heterocycles. The molecule has 0 bridgehead atoms. The van der Waals surface area contributed by atoms with Gasteiger partial charge in [0.15, 0.2) is 0 Å². The Balaban J connectivity index is 0. The van der Waals surface area contributed by atoms with Crippen molar-refractivity contribution in [1.82, 2.24) is 4.90 Å². The summed E-state index contributed by atoms with van der Waals surface area (Å²) in [4.78, 5) is 20.2. The monoisotopic (exact) mass is 175 g/mol. The second-order valence-corrected chi connectivity index (χ2v) is 2.09. The molecule has 0 aliphatic carbocycles. The average Bonchev–Trinajstić information content (AvgIpc) is 2.08. The van der Waals surface area contributed by atoms with Crippen LogP contribution in [0.15, 0.2) is 0 Å². The van der Waals surface area contributed by atoms with E-state index in [1.54, 1.807) is 0 Å². The van der Waals surface area contributed by atoms with Crippen molar-refractivity contribution in [2.75, 3.05) is 0 Å². The van der Waals surface area contributed by atoms with E-state index in [-0.39, 0.29) is 33.1 Å². The third-order valence-electron chi connectivity index (χ3n) is 1.31. The summed E-state index contributed by atoms with van der Waals surface area (Å²) in [7, 11) is 0. The van der Waals surface area contributed by atoms with Gasteiger partial charge >= 0.3 is 25.2 Å². The first-order valence-electron chi connectivity index (χ1n) is 2.85. The molecule has 1 aliphatic rings. The van der Waals surface area contributed by atoms with E-state index in [1.807, 2.05) is 0 Å². The molecule has 0 unspecified atom stereocenters. The van der Waals surface area contributed by atoms with Crippen LogP contribution >= 0.6 is 0 Å². The number of alkyl halides is 3. The molecule has 2 amide bonds. The predicted molar refractivity (Wildman–Crippen MR) is 28.3 cm³/mol. The first-order chi connectivity index (χ1) is 4.93. The van der Waals surface area contributed by atoms with Crippen molar-refractivity contribution >= 4 is 11.8 Å². The van der Waals surface area contributed by atoms with Gasteiger partial charge < -0.3 is 1.43 Å². The van der Waals surface area contributed by atoms with Crippen LogP contribution in [0.5, 0.6) is 0 Å². The van der Waals surface area contributed by atoms with Crippen LogP contribution in [0.2, 0.25) is 0 Å². The van der Waals surface area contributed by atoms with Crippen molar-refractivity contribution in [2.24, 2.45) is 0 Å². The number of hydrogen-bond donors (Lipinski definition) is 0. The number of imide groups is 1. The van der Waals surface area contributed by atoms with E-state index in [2.05, 4.69) is 0 Å². The van der Waals surface area contributed by atoms with Gasteiger partial charge in [-0.2, -0.15) is 4.90 Å². The Morgan fingerprint density at radius 2 is 1.50 bits per heavy atom. The molecule has 1 aliphatic heterocycles. The van der Waals surface area contributed by atoms with Crippen LogP contribution in [0.1, 0.15) is 14.3 Å². The van der Waals surface area contributed by atoms with E-state index in [4.69, 9.17) is 0 Å². The molecule has 0 aromatic carbocycles. The molecule has 3 nitrogen and oxygen atoms in total. The number of rotatable bonds is 0. The zero-order valence-electron chi connectivity index (χ0n) is 7.31. The zero-order chi connectivity index (χ0) is 8.65. The van der Waals surface area contributed by atoms with E-state index >= 15 is 0 Å². The second kappa shape index (κ2) is 3.50. The number of carbonyl (C=O) groups is 2. The maximum absolute atomic E-state index is 11.7. The normalized spacial score (nSPS) is 18.1. The van der Waals surface area contributed by atoms with Gasteiger partial charge in [-0.15, -0.1) is 13.2 Å². The average molecular weight is 175 g/mol. The van der Waals surface area contributed by atoms with Gasteiger partial charge in [0.25, 0.3) is 0 Å². The first kappa shape index (κ1) is 11.5. The minimum Gasteiger partial charge on any atom is -1.00 e. The quantitative estimate of drug-likeness (QED) is 0.237. The standard InChI is InChI=1S/C5H4F3NO2.Li.H/c6-5(7,8)9-3(10)1-2-4(9)11;;/h1-2H2;;/q;+1;-1. The molecule has 64 valence electrons. The summed E-state index contributed by atoms with van der Waals surface area (Å²) in [5.41, 5.74) is 0. The first-order valence-corrected chi connectivity index (χ1v) is 2.85. The van der Waals surface area contributed by atoms with E-state index in [1.165, 1.54) is 0 Å². The van der Waals surface area contributed by atoms with E-state index in [9.17, 15) is 22.8 Å². The topological polar surface area (TPSA) is 37.4 Å². The van der Waals surface area contributed by atoms with Crippen LogP contribution in [0.25, 0.3) is 0 Å². The molecule has 0 radical (unpaired) electrons. The molecule has 0 aromatic heterocycles. The third kappa shape index (κ3) is 2.02. The van der Waals surface area contributed by atoms with Crippen LogP contribution in [-0.4, -0.2) is 23.0 Å². The molecule has 1 saturated heterocycles. The summed E-state index contributed by atoms with van der Waals surface area (Å²) in [5.74, 6) is -2.33. The molecule has 0 saturated carbocycles. The summed E-state index contributed by atoms with van der Waals surface area (Å²) in [6.07, 6.45) is -5.51. The Morgan fingerprint density at radius 1 is 1.17 bits per heavy atom. The van der Waals surface area contributed by atoms with Crippen molar-refractivity contribution < 1.29 is 43.0 Å². The van der Waals surface area contributed by atoms with Crippen LogP contribution in [0, 0.1) is 0 Å². The number of hydrogen-bond acceptors (Lipinski definition) is 2. The summed E-state index contributed by atoms with van der Waals surface area (Å²) in [6, 6.07) is 0. The van der Waals surface area contributed by atoms with Gasteiger partial charge in [-0.25, -0.2) is 0 Å². The van der Waals surface area contributed by atoms with Crippen molar-refractivity contribution in [1.29, 1.82) is 0 Å². The van der Waals surface area contributed by atoms with Crippen LogP contribution in [-0.2, 0) is 9.59 Å². The minimum absolute atomic E-state index is 0. The maximum Gasteiger partial charge on any atom is 1.00 e. The van der Waals surface area contributed by atoms with Crippen molar-refractivity contribution in [2.45, 2.75) is 19.1 Å². The fourth-order valence-electron chi connectivity index (χ4n) is 0.859. The van der Waals surface area contributed by atoms with Gasteiger partial charge in [0.05, 0.1) is 0 Å². The molecule has 0 atom stereocenters. The summed E-state index contributed by atoms with van der Waals surface area (Å²) >= 11 is 0. The summed E-state index contributed by atoms with van der Waals surface area (Å²) in [6.45, 7) is 0. The van der Waals surface area contributed by atoms with Gasteiger partial charge in [-0.05, 0) is 0 Å². The number of nitrogens with zero attached hydrogens (tertiary/aromatic N) is 1. The van der Waals surface area contributed by atoms with Gasteiger partial charge in [0.2, 0.25) is 11.8 Å². The fourth-order valence-corrected chi connectivity index (χ4v) is 0.859. The number of amides is 2. The Hall–Kier alpha value is -0.473. The minimum atomic E-state index is -4.84.